The molecule has 0 bridgehead atoms. The van der Waals surface area contributed by atoms with Crippen molar-refractivity contribution in [2.45, 2.75) is 45.2 Å². The summed E-state index contributed by atoms with van der Waals surface area (Å²) in [6, 6.07) is 3.87. The number of carbonyl (C=O) groups excluding carboxylic acids is 1. The second-order valence-electron chi connectivity index (χ2n) is 5.33. The second-order valence-corrected chi connectivity index (χ2v) is 5.33. The number of piperidine rings is 1. The number of amides is 1. The summed E-state index contributed by atoms with van der Waals surface area (Å²) in [5.41, 5.74) is 0. The van der Waals surface area contributed by atoms with Crippen molar-refractivity contribution in [2.75, 3.05) is 6.54 Å². The Morgan fingerprint density at radius 2 is 2.50 bits per heavy atom. The maximum absolute atomic E-state index is 12.1. The molecular formula is C14H22N2O2. The third-order valence-electron chi connectivity index (χ3n) is 3.46. The summed E-state index contributed by atoms with van der Waals surface area (Å²) < 4.78 is 5.28. The van der Waals surface area contributed by atoms with Gasteiger partial charge in [-0.25, -0.2) is 0 Å². The summed E-state index contributed by atoms with van der Waals surface area (Å²) in [4.78, 5) is 12.1. The van der Waals surface area contributed by atoms with Crippen LogP contribution in [0, 0.1) is 5.92 Å². The van der Waals surface area contributed by atoms with E-state index in [1.54, 1.807) is 6.26 Å². The van der Waals surface area contributed by atoms with Crippen molar-refractivity contribution >= 4 is 5.91 Å². The van der Waals surface area contributed by atoms with Crippen molar-refractivity contribution in [3.63, 3.8) is 0 Å². The average molecular weight is 250 g/mol. The van der Waals surface area contributed by atoms with Gasteiger partial charge in [-0.1, -0.05) is 6.92 Å². The van der Waals surface area contributed by atoms with E-state index in [1.165, 1.54) is 0 Å². The van der Waals surface area contributed by atoms with Crippen molar-refractivity contribution in [3.8, 4) is 0 Å². The molecule has 1 aliphatic rings. The minimum absolute atomic E-state index is 0.0344. The van der Waals surface area contributed by atoms with E-state index >= 15 is 0 Å². The summed E-state index contributed by atoms with van der Waals surface area (Å²) in [7, 11) is 0. The third-order valence-corrected chi connectivity index (χ3v) is 3.46. The van der Waals surface area contributed by atoms with E-state index in [4.69, 9.17) is 4.42 Å². The number of rotatable bonds is 4. The quantitative estimate of drug-likeness (QED) is 0.855. The van der Waals surface area contributed by atoms with Crippen LogP contribution in [0.25, 0.3) is 0 Å². The molecule has 0 spiro atoms. The second kappa shape index (κ2) is 6.05. The highest BCUT2D eigenvalue weighted by atomic mass is 16.3. The Balaban J connectivity index is 1.79. The lowest BCUT2D eigenvalue weighted by Gasteiger charge is -2.28. The minimum atomic E-state index is -0.0344. The first kappa shape index (κ1) is 13.1. The zero-order valence-electron chi connectivity index (χ0n) is 11.1. The lowest BCUT2D eigenvalue weighted by Crippen LogP contribution is -2.50. The molecule has 2 N–H and O–H groups in total. The van der Waals surface area contributed by atoms with Crippen molar-refractivity contribution in [2.24, 2.45) is 5.92 Å². The van der Waals surface area contributed by atoms with Crippen LogP contribution in [0.4, 0.5) is 0 Å². The molecule has 1 amide bonds. The van der Waals surface area contributed by atoms with Gasteiger partial charge in [-0.3, -0.25) is 4.79 Å². The Bertz CT molecular complexity index is 375. The standard InChI is InChI=1S/C14H22N2O2/c1-10-5-6-15-13(8-10)14(17)16-11(2)9-12-4-3-7-18-12/h3-4,7,10-11,13,15H,5-6,8-9H2,1-2H3,(H,16,17). The molecule has 1 aromatic heterocycles. The zero-order chi connectivity index (χ0) is 13.0. The van der Waals surface area contributed by atoms with Crippen LogP contribution < -0.4 is 10.6 Å². The molecule has 1 aliphatic heterocycles. The molecule has 2 rings (SSSR count). The first-order chi connectivity index (χ1) is 8.65. The average Bonchev–Trinajstić information content (AvgIpc) is 2.81. The molecule has 18 heavy (non-hydrogen) atoms. The lowest BCUT2D eigenvalue weighted by atomic mass is 9.94. The topological polar surface area (TPSA) is 54.3 Å². The van der Waals surface area contributed by atoms with Gasteiger partial charge >= 0.3 is 0 Å². The van der Waals surface area contributed by atoms with Gasteiger partial charge in [-0.2, -0.15) is 0 Å². The largest absolute Gasteiger partial charge is 0.469 e. The van der Waals surface area contributed by atoms with Crippen molar-refractivity contribution in [1.82, 2.24) is 10.6 Å². The molecule has 1 aromatic rings. The van der Waals surface area contributed by atoms with E-state index in [2.05, 4.69) is 17.6 Å². The Labute approximate surface area is 108 Å². The highest BCUT2D eigenvalue weighted by Crippen LogP contribution is 2.15. The molecule has 0 aromatic carbocycles. The van der Waals surface area contributed by atoms with E-state index in [0.717, 1.165) is 31.6 Å². The predicted molar refractivity (Wildman–Crippen MR) is 70.2 cm³/mol. The predicted octanol–water partition coefficient (Wildman–Crippen LogP) is 1.71. The van der Waals surface area contributed by atoms with Gasteiger partial charge < -0.3 is 15.1 Å². The molecular weight excluding hydrogens is 228 g/mol. The number of furan rings is 1. The third kappa shape index (κ3) is 3.60. The SMILES string of the molecule is CC1CCNC(C(=O)NC(C)Cc2ccco2)C1. The molecule has 0 aliphatic carbocycles. The number of hydrogen-bond acceptors (Lipinski definition) is 3. The fourth-order valence-electron chi connectivity index (χ4n) is 2.43. The maximum Gasteiger partial charge on any atom is 0.237 e. The number of nitrogens with one attached hydrogen (secondary N) is 2. The van der Waals surface area contributed by atoms with Crippen molar-refractivity contribution in [1.29, 1.82) is 0 Å². The summed E-state index contributed by atoms with van der Waals surface area (Å²) >= 11 is 0. The van der Waals surface area contributed by atoms with Gasteiger partial charge in [0.05, 0.1) is 12.3 Å². The van der Waals surface area contributed by atoms with Gasteiger partial charge in [-0.15, -0.1) is 0 Å². The van der Waals surface area contributed by atoms with Gasteiger partial charge in [0.1, 0.15) is 5.76 Å². The minimum Gasteiger partial charge on any atom is -0.469 e. The van der Waals surface area contributed by atoms with Crippen LogP contribution >= 0.6 is 0 Å². The Morgan fingerprint density at radius 1 is 1.67 bits per heavy atom. The molecule has 2 heterocycles. The van der Waals surface area contributed by atoms with Crippen LogP contribution in [0.15, 0.2) is 22.8 Å². The molecule has 100 valence electrons. The summed E-state index contributed by atoms with van der Waals surface area (Å²) in [6.07, 6.45) is 4.49. The van der Waals surface area contributed by atoms with E-state index in [1.807, 2.05) is 19.1 Å². The molecule has 4 nitrogen and oxygen atoms in total. The fourth-order valence-corrected chi connectivity index (χ4v) is 2.43. The van der Waals surface area contributed by atoms with Crippen LogP contribution in [0.2, 0.25) is 0 Å². The Kier molecular flexibility index (Phi) is 4.42. The molecule has 1 saturated heterocycles. The van der Waals surface area contributed by atoms with Gasteiger partial charge in [0, 0.05) is 12.5 Å². The number of hydrogen-bond donors (Lipinski definition) is 2. The van der Waals surface area contributed by atoms with Gasteiger partial charge in [0.25, 0.3) is 0 Å². The van der Waals surface area contributed by atoms with Crippen molar-refractivity contribution in [3.05, 3.63) is 24.2 Å². The normalized spacial score (nSPS) is 25.7. The highest BCUT2D eigenvalue weighted by molar-refractivity contribution is 5.82. The monoisotopic (exact) mass is 250 g/mol. The fraction of sp³-hybridized carbons (Fsp3) is 0.643. The maximum atomic E-state index is 12.1. The molecule has 4 heteroatoms. The Morgan fingerprint density at radius 3 is 3.17 bits per heavy atom. The van der Waals surface area contributed by atoms with E-state index < -0.39 is 0 Å². The summed E-state index contributed by atoms with van der Waals surface area (Å²) in [6.45, 7) is 5.14. The van der Waals surface area contributed by atoms with E-state index in [0.29, 0.717) is 5.92 Å². The highest BCUT2D eigenvalue weighted by Gasteiger charge is 2.25. The zero-order valence-corrected chi connectivity index (χ0v) is 11.1. The Hall–Kier alpha value is -1.29. The molecule has 1 fully saturated rings. The van der Waals surface area contributed by atoms with Crippen LogP contribution in [-0.4, -0.2) is 24.5 Å². The van der Waals surface area contributed by atoms with Crippen LogP contribution in [0.1, 0.15) is 32.4 Å². The molecule has 0 saturated carbocycles. The van der Waals surface area contributed by atoms with E-state index in [9.17, 15) is 4.79 Å². The summed E-state index contributed by atoms with van der Waals surface area (Å²) in [5, 5.41) is 6.33. The smallest absolute Gasteiger partial charge is 0.237 e. The first-order valence-corrected chi connectivity index (χ1v) is 6.71. The van der Waals surface area contributed by atoms with Gasteiger partial charge in [0.2, 0.25) is 5.91 Å². The number of carbonyl (C=O) groups is 1. The van der Waals surface area contributed by atoms with E-state index in [-0.39, 0.29) is 18.0 Å². The van der Waals surface area contributed by atoms with Crippen molar-refractivity contribution < 1.29 is 9.21 Å². The molecule has 3 atom stereocenters. The van der Waals surface area contributed by atoms with Crippen LogP contribution in [0.3, 0.4) is 0 Å². The summed E-state index contributed by atoms with van der Waals surface area (Å²) in [5.74, 6) is 1.65. The van der Waals surface area contributed by atoms with Crippen LogP contribution in [0.5, 0.6) is 0 Å². The van der Waals surface area contributed by atoms with Gasteiger partial charge in [0.15, 0.2) is 0 Å². The molecule has 3 unspecified atom stereocenters. The van der Waals surface area contributed by atoms with Crippen LogP contribution in [-0.2, 0) is 11.2 Å². The lowest BCUT2D eigenvalue weighted by molar-refractivity contribution is -0.124. The van der Waals surface area contributed by atoms with Gasteiger partial charge in [-0.05, 0) is 44.4 Å². The molecule has 0 radical (unpaired) electrons. The first-order valence-electron chi connectivity index (χ1n) is 6.71.